The number of likely N-dealkylation sites (N-methyl/N-ethyl adjacent to an activating group) is 1. The van der Waals surface area contributed by atoms with Crippen molar-refractivity contribution in [2.24, 2.45) is 0 Å². The monoisotopic (exact) mass is 235 g/mol. The van der Waals surface area contributed by atoms with Crippen LogP contribution in [0.15, 0.2) is 24.3 Å². The van der Waals surface area contributed by atoms with Crippen LogP contribution in [0.3, 0.4) is 0 Å². The van der Waals surface area contributed by atoms with Gasteiger partial charge in [0.2, 0.25) is 0 Å². The van der Waals surface area contributed by atoms with Gasteiger partial charge in [0.25, 0.3) is 0 Å². The molecule has 0 heterocycles. The molecule has 0 saturated heterocycles. The molecule has 0 aromatic heterocycles. The van der Waals surface area contributed by atoms with Gasteiger partial charge in [0.1, 0.15) is 11.4 Å². The fourth-order valence-corrected chi connectivity index (χ4v) is 1.79. The zero-order valence-electron chi connectivity index (χ0n) is 11.5. The molecule has 0 radical (unpaired) electrons. The maximum absolute atomic E-state index is 5.97. The van der Waals surface area contributed by atoms with Crippen LogP contribution in [0.5, 0.6) is 5.75 Å². The van der Waals surface area contributed by atoms with Crippen molar-refractivity contribution in [1.29, 1.82) is 0 Å². The largest absolute Gasteiger partial charge is 0.487 e. The van der Waals surface area contributed by atoms with Gasteiger partial charge in [-0.05, 0) is 44.5 Å². The van der Waals surface area contributed by atoms with Gasteiger partial charge in [-0.1, -0.05) is 32.4 Å². The van der Waals surface area contributed by atoms with Gasteiger partial charge in [-0.25, -0.2) is 0 Å². The summed E-state index contributed by atoms with van der Waals surface area (Å²) in [7, 11) is 0. The van der Waals surface area contributed by atoms with Crippen LogP contribution in [0, 0.1) is 0 Å². The third-order valence-electron chi connectivity index (χ3n) is 2.66. The van der Waals surface area contributed by atoms with Crippen molar-refractivity contribution in [3.05, 3.63) is 29.8 Å². The fraction of sp³-hybridized carbons (Fsp3) is 0.600. The van der Waals surface area contributed by atoms with Gasteiger partial charge in [0, 0.05) is 6.54 Å². The molecular formula is C15H25NO. The van der Waals surface area contributed by atoms with E-state index in [0.29, 0.717) is 0 Å². The van der Waals surface area contributed by atoms with Crippen LogP contribution in [-0.4, -0.2) is 18.7 Å². The Labute approximate surface area is 105 Å². The summed E-state index contributed by atoms with van der Waals surface area (Å²) < 4.78 is 5.97. The van der Waals surface area contributed by atoms with Crippen molar-refractivity contribution in [3.63, 3.8) is 0 Å². The van der Waals surface area contributed by atoms with E-state index in [1.807, 2.05) is 0 Å². The van der Waals surface area contributed by atoms with Crippen LogP contribution < -0.4 is 10.1 Å². The Hall–Kier alpha value is -1.02. The van der Waals surface area contributed by atoms with Crippen LogP contribution in [0.25, 0.3) is 0 Å². The third-order valence-corrected chi connectivity index (χ3v) is 2.66. The minimum Gasteiger partial charge on any atom is -0.487 e. The first-order valence-electron chi connectivity index (χ1n) is 6.56. The number of ether oxygens (including phenoxy) is 1. The highest BCUT2D eigenvalue weighted by Gasteiger charge is 2.18. The Morgan fingerprint density at radius 1 is 1.12 bits per heavy atom. The maximum atomic E-state index is 5.97. The lowest BCUT2D eigenvalue weighted by Crippen LogP contribution is -2.40. The molecule has 0 spiro atoms. The predicted molar refractivity (Wildman–Crippen MR) is 73.7 cm³/mol. The lowest BCUT2D eigenvalue weighted by Gasteiger charge is -2.26. The first-order valence-corrected chi connectivity index (χ1v) is 6.56. The zero-order valence-corrected chi connectivity index (χ0v) is 11.5. The highest BCUT2D eigenvalue weighted by atomic mass is 16.5. The number of hydrogen-bond donors (Lipinski definition) is 1. The summed E-state index contributed by atoms with van der Waals surface area (Å²) >= 11 is 0. The number of aryl methyl sites for hydroxylation is 1. The molecule has 0 aliphatic carbocycles. The molecular weight excluding hydrogens is 210 g/mol. The van der Waals surface area contributed by atoms with Crippen LogP contribution in [0.4, 0.5) is 0 Å². The topological polar surface area (TPSA) is 21.3 Å². The summed E-state index contributed by atoms with van der Waals surface area (Å²) in [6.45, 7) is 10.4. The normalized spacial score (nSPS) is 11.5. The summed E-state index contributed by atoms with van der Waals surface area (Å²) in [4.78, 5) is 0. The first kappa shape index (κ1) is 14.0. The molecule has 17 heavy (non-hydrogen) atoms. The van der Waals surface area contributed by atoms with Gasteiger partial charge in [-0.2, -0.15) is 0 Å². The van der Waals surface area contributed by atoms with Crippen molar-refractivity contribution in [2.45, 2.75) is 46.1 Å². The molecule has 0 aliphatic heterocycles. The summed E-state index contributed by atoms with van der Waals surface area (Å²) in [5.41, 5.74) is 1.21. The number of rotatable bonds is 7. The second kappa shape index (κ2) is 6.65. The number of nitrogens with one attached hydrogen (secondary N) is 1. The minimum atomic E-state index is -0.164. The smallest absolute Gasteiger partial charge is 0.120 e. The van der Waals surface area contributed by atoms with Gasteiger partial charge in [-0.3, -0.25) is 0 Å². The van der Waals surface area contributed by atoms with E-state index in [4.69, 9.17) is 4.74 Å². The Kier molecular flexibility index (Phi) is 5.49. The molecule has 1 rings (SSSR count). The van der Waals surface area contributed by atoms with Gasteiger partial charge in [-0.15, -0.1) is 0 Å². The van der Waals surface area contributed by atoms with Crippen LogP contribution in [-0.2, 0) is 6.42 Å². The summed E-state index contributed by atoms with van der Waals surface area (Å²) in [5, 5.41) is 3.32. The molecule has 0 bridgehead atoms. The van der Waals surface area contributed by atoms with E-state index < -0.39 is 0 Å². The summed E-state index contributed by atoms with van der Waals surface area (Å²) in [6.07, 6.45) is 2.33. The van der Waals surface area contributed by atoms with Gasteiger partial charge < -0.3 is 10.1 Å². The second-order valence-corrected chi connectivity index (χ2v) is 5.04. The van der Waals surface area contributed by atoms with Crippen LogP contribution >= 0.6 is 0 Å². The van der Waals surface area contributed by atoms with Crippen LogP contribution in [0.1, 0.15) is 39.7 Å². The van der Waals surface area contributed by atoms with Gasteiger partial charge >= 0.3 is 0 Å². The Morgan fingerprint density at radius 2 is 1.76 bits per heavy atom. The van der Waals surface area contributed by atoms with Crippen molar-refractivity contribution in [2.75, 3.05) is 13.1 Å². The van der Waals surface area contributed by atoms with E-state index in [-0.39, 0.29) is 5.60 Å². The van der Waals surface area contributed by atoms with E-state index in [0.717, 1.165) is 25.3 Å². The predicted octanol–water partition coefficient (Wildman–Crippen LogP) is 3.41. The van der Waals surface area contributed by atoms with Gasteiger partial charge in [0.05, 0.1) is 0 Å². The van der Waals surface area contributed by atoms with E-state index >= 15 is 0 Å². The van der Waals surface area contributed by atoms with Gasteiger partial charge in [0.15, 0.2) is 0 Å². The average Bonchev–Trinajstić information content (AvgIpc) is 2.29. The maximum Gasteiger partial charge on any atom is 0.120 e. The average molecular weight is 235 g/mol. The molecule has 1 aromatic rings. The Balaban J connectivity index is 2.55. The quantitative estimate of drug-likeness (QED) is 0.782. The molecule has 0 amide bonds. The highest BCUT2D eigenvalue weighted by Crippen LogP contribution is 2.19. The molecule has 1 aromatic carbocycles. The molecule has 0 aliphatic rings. The lowest BCUT2D eigenvalue weighted by molar-refractivity contribution is 0.109. The molecule has 0 unspecified atom stereocenters. The number of hydrogen-bond acceptors (Lipinski definition) is 2. The summed E-state index contributed by atoms with van der Waals surface area (Å²) in [6, 6.07) is 8.45. The third kappa shape index (κ3) is 5.22. The SMILES string of the molecule is CCCc1ccc(OC(C)(C)CNCC)cc1. The van der Waals surface area contributed by atoms with E-state index in [1.54, 1.807) is 0 Å². The standard InChI is InChI=1S/C15H25NO/c1-5-7-13-8-10-14(11-9-13)17-15(3,4)12-16-6-2/h8-11,16H,5-7,12H2,1-4H3. The molecule has 1 N–H and O–H groups in total. The number of benzene rings is 1. The highest BCUT2D eigenvalue weighted by molar-refractivity contribution is 5.27. The van der Waals surface area contributed by atoms with E-state index in [9.17, 15) is 0 Å². The second-order valence-electron chi connectivity index (χ2n) is 5.04. The molecule has 2 nitrogen and oxygen atoms in total. The Bertz CT molecular complexity index is 316. The summed E-state index contributed by atoms with van der Waals surface area (Å²) in [5.74, 6) is 0.952. The van der Waals surface area contributed by atoms with E-state index in [1.165, 1.54) is 12.0 Å². The van der Waals surface area contributed by atoms with Crippen molar-refractivity contribution < 1.29 is 4.74 Å². The van der Waals surface area contributed by atoms with E-state index in [2.05, 4.69) is 57.3 Å². The Morgan fingerprint density at radius 3 is 2.29 bits per heavy atom. The molecule has 96 valence electrons. The fourth-order valence-electron chi connectivity index (χ4n) is 1.79. The zero-order chi connectivity index (χ0) is 12.7. The molecule has 0 atom stereocenters. The molecule has 0 saturated carbocycles. The molecule has 0 fully saturated rings. The molecule has 2 heteroatoms. The van der Waals surface area contributed by atoms with Crippen molar-refractivity contribution >= 4 is 0 Å². The lowest BCUT2D eigenvalue weighted by atomic mass is 10.1. The van der Waals surface area contributed by atoms with Crippen molar-refractivity contribution in [3.8, 4) is 5.75 Å². The first-order chi connectivity index (χ1) is 8.07. The minimum absolute atomic E-state index is 0.164. The van der Waals surface area contributed by atoms with Crippen LogP contribution in [0.2, 0.25) is 0 Å². The van der Waals surface area contributed by atoms with Crippen molar-refractivity contribution in [1.82, 2.24) is 5.32 Å².